The minimum atomic E-state index is -0.686. The third kappa shape index (κ3) is 4.75. The van der Waals surface area contributed by atoms with Gasteiger partial charge in [0.25, 0.3) is 5.91 Å². The Morgan fingerprint density at radius 3 is 2.40 bits per heavy atom. The molecule has 1 heterocycles. The molecule has 1 atom stereocenters. The maximum absolute atomic E-state index is 12.3. The number of thioether (sulfide) groups is 1. The highest BCUT2D eigenvalue weighted by Crippen LogP contribution is 2.20. The van der Waals surface area contributed by atoms with E-state index in [4.69, 9.17) is 0 Å². The Balaban J connectivity index is 1.74. The van der Waals surface area contributed by atoms with Crippen LogP contribution in [0.4, 0.5) is 4.79 Å². The van der Waals surface area contributed by atoms with Gasteiger partial charge in [-0.15, -0.1) is 11.8 Å². The zero-order valence-corrected chi connectivity index (χ0v) is 16.0. The molecule has 0 saturated carbocycles. The standard InChI is InChI=1S/C18H25N3O3S/c1-13-6-8-14(9-7-13)25-11-5-10-19(2)16(22)12-15-17(23)21(4)18(24)20(15)3/h6-9,15H,5,10-12H2,1-4H3. The molecule has 0 radical (unpaired) electrons. The van der Waals surface area contributed by atoms with E-state index in [1.165, 1.54) is 22.4 Å². The van der Waals surface area contributed by atoms with E-state index in [0.29, 0.717) is 6.54 Å². The molecular formula is C18H25N3O3S. The molecular weight excluding hydrogens is 338 g/mol. The Hall–Kier alpha value is -2.02. The van der Waals surface area contributed by atoms with Crippen molar-refractivity contribution in [3.05, 3.63) is 29.8 Å². The minimum Gasteiger partial charge on any atom is -0.346 e. The monoisotopic (exact) mass is 363 g/mol. The van der Waals surface area contributed by atoms with Gasteiger partial charge in [0.15, 0.2) is 0 Å². The van der Waals surface area contributed by atoms with E-state index >= 15 is 0 Å². The summed E-state index contributed by atoms with van der Waals surface area (Å²) in [5.41, 5.74) is 1.24. The summed E-state index contributed by atoms with van der Waals surface area (Å²) in [6.45, 7) is 2.69. The van der Waals surface area contributed by atoms with Crippen molar-refractivity contribution in [1.29, 1.82) is 0 Å². The van der Waals surface area contributed by atoms with Crippen molar-refractivity contribution in [2.75, 3.05) is 33.4 Å². The van der Waals surface area contributed by atoms with E-state index in [9.17, 15) is 14.4 Å². The average Bonchev–Trinajstić information content (AvgIpc) is 2.77. The van der Waals surface area contributed by atoms with Gasteiger partial charge in [0, 0.05) is 32.6 Å². The summed E-state index contributed by atoms with van der Waals surface area (Å²) >= 11 is 1.77. The number of carbonyl (C=O) groups is 3. The molecule has 4 amide bonds. The number of nitrogens with zero attached hydrogens (tertiary/aromatic N) is 3. The number of hydrogen-bond donors (Lipinski definition) is 0. The molecule has 2 rings (SSSR count). The zero-order chi connectivity index (χ0) is 18.6. The molecule has 1 saturated heterocycles. The van der Waals surface area contributed by atoms with Crippen LogP contribution in [-0.4, -0.2) is 72.0 Å². The van der Waals surface area contributed by atoms with Crippen LogP contribution in [-0.2, 0) is 9.59 Å². The van der Waals surface area contributed by atoms with E-state index in [1.807, 2.05) is 0 Å². The molecule has 6 nitrogen and oxygen atoms in total. The van der Waals surface area contributed by atoms with E-state index in [2.05, 4.69) is 31.2 Å². The average molecular weight is 363 g/mol. The first-order valence-electron chi connectivity index (χ1n) is 8.29. The second-order valence-electron chi connectivity index (χ2n) is 6.34. The second kappa shape index (κ2) is 8.38. The summed E-state index contributed by atoms with van der Waals surface area (Å²) in [4.78, 5) is 41.3. The van der Waals surface area contributed by atoms with Gasteiger partial charge in [-0.3, -0.25) is 14.5 Å². The van der Waals surface area contributed by atoms with E-state index in [-0.39, 0.29) is 24.3 Å². The van der Waals surface area contributed by atoms with Crippen molar-refractivity contribution in [2.24, 2.45) is 0 Å². The summed E-state index contributed by atoms with van der Waals surface area (Å²) in [6, 6.07) is 7.33. The summed E-state index contributed by atoms with van der Waals surface area (Å²) in [5, 5.41) is 0. The molecule has 0 N–H and O–H groups in total. The van der Waals surface area contributed by atoms with Gasteiger partial charge >= 0.3 is 6.03 Å². The molecule has 0 aromatic heterocycles. The summed E-state index contributed by atoms with van der Waals surface area (Å²) in [6.07, 6.45) is 0.904. The third-order valence-corrected chi connectivity index (χ3v) is 5.49. The van der Waals surface area contributed by atoms with Gasteiger partial charge in [-0.2, -0.15) is 0 Å². The molecule has 25 heavy (non-hydrogen) atoms. The molecule has 1 aliphatic heterocycles. The summed E-state index contributed by atoms with van der Waals surface area (Å²) in [5.74, 6) is 0.488. The molecule has 1 unspecified atom stereocenters. The van der Waals surface area contributed by atoms with Crippen LogP contribution < -0.4 is 0 Å². The third-order valence-electron chi connectivity index (χ3n) is 4.39. The van der Waals surface area contributed by atoms with E-state index in [1.54, 1.807) is 30.8 Å². The Labute approximate surface area is 153 Å². The maximum atomic E-state index is 12.3. The Bertz CT molecular complexity index is 647. The molecule has 0 aliphatic carbocycles. The van der Waals surface area contributed by atoms with Crippen LogP contribution in [0.25, 0.3) is 0 Å². The summed E-state index contributed by atoms with van der Waals surface area (Å²) < 4.78 is 0. The molecule has 1 aliphatic rings. The number of imide groups is 1. The normalized spacial score (nSPS) is 17.4. The SMILES string of the molecule is Cc1ccc(SCCCN(C)C(=O)CC2C(=O)N(C)C(=O)N2C)cc1. The predicted molar refractivity (Wildman–Crippen MR) is 98.5 cm³/mol. The van der Waals surface area contributed by atoms with Gasteiger partial charge in [-0.05, 0) is 31.2 Å². The molecule has 1 fully saturated rings. The van der Waals surface area contributed by atoms with Crippen LogP contribution in [0.3, 0.4) is 0 Å². The van der Waals surface area contributed by atoms with Crippen LogP contribution in [0.2, 0.25) is 0 Å². The second-order valence-corrected chi connectivity index (χ2v) is 7.51. The first-order valence-corrected chi connectivity index (χ1v) is 9.27. The topological polar surface area (TPSA) is 60.9 Å². The van der Waals surface area contributed by atoms with Crippen molar-refractivity contribution < 1.29 is 14.4 Å². The fraction of sp³-hybridized carbons (Fsp3) is 0.500. The highest BCUT2D eigenvalue weighted by molar-refractivity contribution is 7.99. The number of hydrogen-bond acceptors (Lipinski definition) is 4. The minimum absolute atomic E-state index is 0.0347. The molecule has 136 valence electrons. The van der Waals surface area contributed by atoms with Gasteiger partial charge in [0.1, 0.15) is 6.04 Å². The van der Waals surface area contributed by atoms with Crippen LogP contribution in [0.5, 0.6) is 0 Å². The van der Waals surface area contributed by atoms with Crippen LogP contribution >= 0.6 is 11.8 Å². The Morgan fingerprint density at radius 2 is 1.84 bits per heavy atom. The lowest BCUT2D eigenvalue weighted by Crippen LogP contribution is -2.38. The lowest BCUT2D eigenvalue weighted by atomic mass is 10.1. The largest absolute Gasteiger partial charge is 0.346 e. The number of aryl methyl sites for hydroxylation is 1. The first kappa shape index (κ1) is 19.3. The van der Waals surface area contributed by atoms with Crippen molar-refractivity contribution in [2.45, 2.75) is 30.7 Å². The molecule has 1 aromatic rings. The smallest absolute Gasteiger partial charge is 0.326 e. The Kier molecular flexibility index (Phi) is 6.47. The zero-order valence-electron chi connectivity index (χ0n) is 15.2. The van der Waals surface area contributed by atoms with Crippen LogP contribution in [0.15, 0.2) is 29.2 Å². The quantitative estimate of drug-likeness (QED) is 0.423. The first-order chi connectivity index (χ1) is 11.8. The Morgan fingerprint density at radius 1 is 1.20 bits per heavy atom. The lowest BCUT2D eigenvalue weighted by Gasteiger charge is -2.21. The molecule has 0 bridgehead atoms. The molecule has 1 aromatic carbocycles. The number of rotatable bonds is 7. The number of urea groups is 1. The fourth-order valence-electron chi connectivity index (χ4n) is 2.65. The highest BCUT2D eigenvalue weighted by Gasteiger charge is 2.42. The summed E-state index contributed by atoms with van der Waals surface area (Å²) in [7, 11) is 4.74. The molecule has 0 spiro atoms. The van der Waals surface area contributed by atoms with E-state index < -0.39 is 6.04 Å². The predicted octanol–water partition coefficient (Wildman–Crippen LogP) is 2.22. The highest BCUT2D eigenvalue weighted by atomic mass is 32.2. The number of amides is 4. The molecule has 7 heteroatoms. The van der Waals surface area contributed by atoms with Gasteiger partial charge in [-0.25, -0.2) is 4.79 Å². The van der Waals surface area contributed by atoms with Crippen molar-refractivity contribution in [3.63, 3.8) is 0 Å². The van der Waals surface area contributed by atoms with Crippen LogP contribution in [0, 0.1) is 6.92 Å². The van der Waals surface area contributed by atoms with Crippen molar-refractivity contribution >= 4 is 29.6 Å². The van der Waals surface area contributed by atoms with Gasteiger partial charge in [0.2, 0.25) is 5.91 Å². The number of likely N-dealkylation sites (N-methyl/N-ethyl adjacent to an activating group) is 2. The van der Waals surface area contributed by atoms with Crippen LogP contribution in [0.1, 0.15) is 18.4 Å². The number of benzene rings is 1. The number of carbonyl (C=O) groups excluding carboxylic acids is 3. The lowest BCUT2D eigenvalue weighted by molar-refractivity contribution is -0.135. The van der Waals surface area contributed by atoms with Crippen molar-refractivity contribution in [3.8, 4) is 0 Å². The van der Waals surface area contributed by atoms with Crippen molar-refractivity contribution in [1.82, 2.24) is 14.7 Å². The van der Waals surface area contributed by atoms with Gasteiger partial charge in [0.05, 0.1) is 6.42 Å². The van der Waals surface area contributed by atoms with Gasteiger partial charge in [-0.1, -0.05) is 17.7 Å². The van der Waals surface area contributed by atoms with Gasteiger partial charge < -0.3 is 9.80 Å². The van der Waals surface area contributed by atoms with E-state index in [0.717, 1.165) is 17.1 Å². The maximum Gasteiger partial charge on any atom is 0.326 e. The fourth-order valence-corrected chi connectivity index (χ4v) is 3.49.